The Labute approximate surface area is 126 Å². The van der Waals surface area contributed by atoms with Crippen molar-refractivity contribution in [3.63, 3.8) is 0 Å². The van der Waals surface area contributed by atoms with Crippen molar-refractivity contribution in [1.82, 2.24) is 0 Å². The van der Waals surface area contributed by atoms with Gasteiger partial charge in [0.15, 0.2) is 0 Å². The van der Waals surface area contributed by atoms with Gasteiger partial charge in [-0.2, -0.15) is 0 Å². The minimum absolute atomic E-state index is 0.231. The molecule has 0 heterocycles. The Morgan fingerprint density at radius 1 is 1.00 bits per heavy atom. The molecule has 0 saturated heterocycles. The molecule has 0 unspecified atom stereocenters. The van der Waals surface area contributed by atoms with Crippen LogP contribution in [0.3, 0.4) is 0 Å². The third-order valence-corrected chi connectivity index (χ3v) is 4.19. The second-order valence-corrected chi connectivity index (χ2v) is 5.56. The first-order valence-electron chi connectivity index (χ1n) is 6.11. The number of carbonyl (C=O) groups excluding carboxylic acids is 1. The summed E-state index contributed by atoms with van der Waals surface area (Å²) in [7, 11) is 0. The highest BCUT2D eigenvalue weighted by Gasteiger charge is 2.09. The number of nitrogens with two attached hydrogens (primary N) is 2. The van der Waals surface area contributed by atoms with Crippen LogP contribution in [0.1, 0.15) is 21.5 Å². The van der Waals surface area contributed by atoms with E-state index < -0.39 is 0 Å². The summed E-state index contributed by atoms with van der Waals surface area (Å²) >= 11 is 3.50. The highest BCUT2D eigenvalue weighted by molar-refractivity contribution is 9.10. The van der Waals surface area contributed by atoms with Crippen LogP contribution in [0.4, 0.5) is 17.1 Å². The largest absolute Gasteiger partial charge is 0.399 e. The van der Waals surface area contributed by atoms with E-state index in [1.54, 1.807) is 18.2 Å². The molecule has 104 valence electrons. The fraction of sp³-hybridized carbons (Fsp3) is 0.133. The Kier molecular flexibility index (Phi) is 3.99. The van der Waals surface area contributed by atoms with E-state index in [1.807, 2.05) is 26.0 Å². The Bertz CT molecular complexity index is 640. The summed E-state index contributed by atoms with van der Waals surface area (Å²) in [5, 5.41) is 2.85. The molecule has 0 bridgehead atoms. The Hall–Kier alpha value is -2.01. The van der Waals surface area contributed by atoms with E-state index >= 15 is 0 Å². The van der Waals surface area contributed by atoms with Crippen LogP contribution in [0.25, 0.3) is 0 Å². The zero-order valence-corrected chi connectivity index (χ0v) is 12.9. The lowest BCUT2D eigenvalue weighted by Crippen LogP contribution is -2.13. The molecule has 20 heavy (non-hydrogen) atoms. The number of nitrogens with one attached hydrogen (secondary N) is 1. The average molecular weight is 334 g/mol. The van der Waals surface area contributed by atoms with E-state index in [0.29, 0.717) is 16.9 Å². The summed E-state index contributed by atoms with van der Waals surface area (Å²) in [4.78, 5) is 12.2. The number of hydrogen-bond acceptors (Lipinski definition) is 3. The van der Waals surface area contributed by atoms with Gasteiger partial charge in [0.25, 0.3) is 5.91 Å². The molecule has 1 amide bonds. The fourth-order valence-electron chi connectivity index (χ4n) is 2.03. The van der Waals surface area contributed by atoms with Crippen LogP contribution in [0.15, 0.2) is 34.8 Å². The Morgan fingerprint density at radius 3 is 2.00 bits per heavy atom. The van der Waals surface area contributed by atoms with E-state index in [-0.39, 0.29) is 5.91 Å². The monoisotopic (exact) mass is 333 g/mol. The average Bonchev–Trinajstić information content (AvgIpc) is 2.34. The fourth-order valence-corrected chi connectivity index (χ4v) is 2.26. The molecule has 2 aromatic rings. The van der Waals surface area contributed by atoms with E-state index in [1.165, 1.54) is 0 Å². The van der Waals surface area contributed by atoms with Gasteiger partial charge in [0.05, 0.1) is 0 Å². The maximum absolute atomic E-state index is 12.2. The smallest absolute Gasteiger partial charge is 0.255 e. The van der Waals surface area contributed by atoms with Gasteiger partial charge >= 0.3 is 0 Å². The number of aryl methyl sites for hydroxylation is 2. The van der Waals surface area contributed by atoms with E-state index in [2.05, 4.69) is 21.2 Å². The topological polar surface area (TPSA) is 81.1 Å². The molecular formula is C15H16BrN3O. The lowest BCUT2D eigenvalue weighted by atomic mass is 10.1. The summed E-state index contributed by atoms with van der Waals surface area (Å²) in [6.45, 7) is 3.95. The van der Waals surface area contributed by atoms with Crippen LogP contribution in [0, 0.1) is 13.8 Å². The van der Waals surface area contributed by atoms with Crippen molar-refractivity contribution in [3.05, 3.63) is 51.5 Å². The van der Waals surface area contributed by atoms with Crippen molar-refractivity contribution in [3.8, 4) is 0 Å². The van der Waals surface area contributed by atoms with Crippen molar-refractivity contribution in [2.75, 3.05) is 16.8 Å². The minimum atomic E-state index is -0.231. The van der Waals surface area contributed by atoms with Crippen molar-refractivity contribution in [2.45, 2.75) is 13.8 Å². The third kappa shape index (κ3) is 3.11. The second-order valence-electron chi connectivity index (χ2n) is 4.77. The van der Waals surface area contributed by atoms with Crippen molar-refractivity contribution >= 4 is 38.9 Å². The molecule has 0 aliphatic carbocycles. The molecule has 0 fully saturated rings. The van der Waals surface area contributed by atoms with Gasteiger partial charge in [0, 0.05) is 27.1 Å². The number of hydrogen-bond donors (Lipinski definition) is 3. The number of carbonyl (C=O) groups is 1. The molecular weight excluding hydrogens is 318 g/mol. The predicted octanol–water partition coefficient (Wildman–Crippen LogP) is 3.48. The zero-order chi connectivity index (χ0) is 14.9. The number of rotatable bonds is 2. The molecule has 4 nitrogen and oxygen atoms in total. The molecule has 0 saturated carbocycles. The summed E-state index contributed by atoms with van der Waals surface area (Å²) in [6.07, 6.45) is 0. The van der Waals surface area contributed by atoms with Gasteiger partial charge in [-0.25, -0.2) is 0 Å². The van der Waals surface area contributed by atoms with Gasteiger partial charge in [-0.15, -0.1) is 0 Å². The van der Waals surface area contributed by atoms with Crippen LogP contribution in [-0.2, 0) is 0 Å². The quantitative estimate of drug-likeness (QED) is 0.736. The van der Waals surface area contributed by atoms with Gasteiger partial charge in [-0.3, -0.25) is 4.79 Å². The number of benzene rings is 2. The lowest BCUT2D eigenvalue weighted by Gasteiger charge is -2.10. The predicted molar refractivity (Wildman–Crippen MR) is 86.8 cm³/mol. The van der Waals surface area contributed by atoms with Crippen LogP contribution >= 0.6 is 15.9 Å². The Morgan fingerprint density at radius 2 is 1.50 bits per heavy atom. The summed E-state index contributed by atoms with van der Waals surface area (Å²) in [6, 6.07) is 8.63. The van der Waals surface area contributed by atoms with Crippen molar-refractivity contribution < 1.29 is 4.79 Å². The van der Waals surface area contributed by atoms with Gasteiger partial charge in [0.2, 0.25) is 0 Å². The molecule has 2 aromatic carbocycles. The summed E-state index contributed by atoms with van der Waals surface area (Å²) in [5.74, 6) is -0.231. The standard InChI is InChI=1S/C15H16BrN3O/c1-8-3-13(4-9(2)14(8)16)19-15(20)10-5-11(17)7-12(18)6-10/h3-7H,17-18H2,1-2H3,(H,19,20). The van der Waals surface area contributed by atoms with Crippen LogP contribution in [-0.4, -0.2) is 5.91 Å². The molecule has 5 heteroatoms. The first-order chi connectivity index (χ1) is 9.36. The normalized spacial score (nSPS) is 10.3. The SMILES string of the molecule is Cc1cc(NC(=O)c2cc(N)cc(N)c2)cc(C)c1Br. The maximum Gasteiger partial charge on any atom is 0.255 e. The number of nitrogen functional groups attached to an aromatic ring is 2. The molecule has 0 aromatic heterocycles. The van der Waals surface area contributed by atoms with E-state index in [0.717, 1.165) is 21.3 Å². The van der Waals surface area contributed by atoms with E-state index in [4.69, 9.17) is 11.5 Å². The third-order valence-electron chi connectivity index (χ3n) is 2.93. The van der Waals surface area contributed by atoms with Gasteiger partial charge in [-0.1, -0.05) is 15.9 Å². The molecule has 0 atom stereocenters. The molecule has 0 aliphatic rings. The zero-order valence-electron chi connectivity index (χ0n) is 11.3. The Balaban J connectivity index is 2.28. The van der Waals surface area contributed by atoms with Gasteiger partial charge < -0.3 is 16.8 Å². The number of amides is 1. The molecule has 0 aliphatic heterocycles. The maximum atomic E-state index is 12.2. The van der Waals surface area contributed by atoms with Crippen molar-refractivity contribution in [1.29, 1.82) is 0 Å². The second kappa shape index (κ2) is 5.54. The van der Waals surface area contributed by atoms with Crippen LogP contribution in [0.5, 0.6) is 0 Å². The molecule has 2 rings (SSSR count). The first kappa shape index (κ1) is 14.4. The van der Waals surface area contributed by atoms with Crippen molar-refractivity contribution in [2.24, 2.45) is 0 Å². The molecule has 0 spiro atoms. The minimum Gasteiger partial charge on any atom is -0.399 e. The van der Waals surface area contributed by atoms with Crippen LogP contribution < -0.4 is 16.8 Å². The van der Waals surface area contributed by atoms with E-state index in [9.17, 15) is 4.79 Å². The highest BCUT2D eigenvalue weighted by Crippen LogP contribution is 2.25. The van der Waals surface area contributed by atoms with Gasteiger partial charge in [0.1, 0.15) is 0 Å². The first-order valence-corrected chi connectivity index (χ1v) is 6.90. The van der Waals surface area contributed by atoms with Crippen LogP contribution in [0.2, 0.25) is 0 Å². The lowest BCUT2D eigenvalue weighted by molar-refractivity contribution is 0.102. The molecule has 5 N–H and O–H groups in total. The summed E-state index contributed by atoms with van der Waals surface area (Å²) in [5.41, 5.74) is 15.6. The number of anilines is 3. The number of halogens is 1. The molecule has 0 radical (unpaired) electrons. The summed E-state index contributed by atoms with van der Waals surface area (Å²) < 4.78 is 1.05. The highest BCUT2D eigenvalue weighted by atomic mass is 79.9. The van der Waals surface area contributed by atoms with Gasteiger partial charge in [-0.05, 0) is 55.3 Å².